The van der Waals surface area contributed by atoms with Gasteiger partial charge < -0.3 is 4.74 Å². The second-order valence-corrected chi connectivity index (χ2v) is 4.32. The summed E-state index contributed by atoms with van der Waals surface area (Å²) in [7, 11) is 1.75. The molecular weight excluding hydrogens is 162 g/mol. The molecule has 0 amide bonds. The summed E-state index contributed by atoms with van der Waals surface area (Å²) in [5.74, 6) is 0.526. The summed E-state index contributed by atoms with van der Waals surface area (Å²) in [5.41, 5.74) is -0.00758. The molecule has 0 fully saturated rings. The minimum atomic E-state index is -0.00758. The summed E-state index contributed by atoms with van der Waals surface area (Å²) in [6.07, 6.45) is 4.01. The van der Waals surface area contributed by atoms with Crippen LogP contribution in [0, 0.1) is 17.2 Å². The Morgan fingerprint density at radius 3 is 2.54 bits per heavy atom. The Balaban J connectivity index is 3.51. The molecule has 0 aromatic carbocycles. The van der Waals surface area contributed by atoms with E-state index in [1.807, 2.05) is 0 Å². The second kappa shape index (κ2) is 5.99. The fourth-order valence-corrected chi connectivity index (χ4v) is 1.24. The molecule has 2 heteroatoms. The van der Waals surface area contributed by atoms with Crippen molar-refractivity contribution in [3.63, 3.8) is 0 Å². The minimum absolute atomic E-state index is 0.00758. The molecule has 0 aliphatic rings. The summed E-state index contributed by atoms with van der Waals surface area (Å²) in [6, 6.07) is 2.20. The topological polar surface area (TPSA) is 33.0 Å². The van der Waals surface area contributed by atoms with Gasteiger partial charge in [-0.3, -0.25) is 0 Å². The molecule has 0 spiro atoms. The van der Waals surface area contributed by atoms with Gasteiger partial charge in [0.15, 0.2) is 0 Å². The van der Waals surface area contributed by atoms with Crippen molar-refractivity contribution in [1.82, 2.24) is 0 Å². The van der Waals surface area contributed by atoms with E-state index in [1.54, 1.807) is 7.11 Å². The summed E-state index contributed by atoms with van der Waals surface area (Å²) < 4.78 is 5.31. The fraction of sp³-hybridized carbons (Fsp3) is 0.909. The van der Waals surface area contributed by atoms with E-state index in [0.29, 0.717) is 12.3 Å². The van der Waals surface area contributed by atoms with Crippen molar-refractivity contribution in [2.75, 3.05) is 7.11 Å². The first-order valence-corrected chi connectivity index (χ1v) is 4.94. The number of hydrogen-bond donors (Lipinski definition) is 0. The molecule has 13 heavy (non-hydrogen) atoms. The molecule has 1 unspecified atom stereocenters. The van der Waals surface area contributed by atoms with E-state index in [0.717, 1.165) is 19.3 Å². The highest BCUT2D eigenvalue weighted by atomic mass is 16.5. The third-order valence-corrected chi connectivity index (χ3v) is 2.47. The summed E-state index contributed by atoms with van der Waals surface area (Å²) in [4.78, 5) is 0. The maximum Gasteiger partial charge on any atom is 0.0624 e. The summed E-state index contributed by atoms with van der Waals surface area (Å²) in [5, 5.41) is 8.47. The van der Waals surface area contributed by atoms with Gasteiger partial charge in [0.2, 0.25) is 0 Å². The van der Waals surface area contributed by atoms with E-state index in [4.69, 9.17) is 10.00 Å². The van der Waals surface area contributed by atoms with Crippen LogP contribution < -0.4 is 0 Å². The number of rotatable bonds is 6. The number of nitrogens with zero attached hydrogens (tertiary/aromatic N) is 1. The van der Waals surface area contributed by atoms with Gasteiger partial charge in [-0.15, -0.1) is 0 Å². The smallest absolute Gasteiger partial charge is 0.0624 e. The normalized spacial score (nSPS) is 13.8. The highest BCUT2D eigenvalue weighted by Gasteiger charge is 2.15. The molecule has 0 bridgehead atoms. The second-order valence-electron chi connectivity index (χ2n) is 4.32. The van der Waals surface area contributed by atoms with Crippen LogP contribution >= 0.6 is 0 Å². The first-order valence-electron chi connectivity index (χ1n) is 4.94. The quantitative estimate of drug-likeness (QED) is 0.633. The molecule has 0 aliphatic carbocycles. The molecule has 0 aromatic rings. The van der Waals surface area contributed by atoms with Gasteiger partial charge in [0.25, 0.3) is 0 Å². The maximum atomic E-state index is 8.47. The largest absolute Gasteiger partial charge is 0.379 e. The predicted molar refractivity (Wildman–Crippen MR) is 54.3 cm³/mol. The van der Waals surface area contributed by atoms with E-state index in [-0.39, 0.29) is 5.60 Å². The lowest BCUT2D eigenvalue weighted by Crippen LogP contribution is -2.22. The van der Waals surface area contributed by atoms with Gasteiger partial charge in [0, 0.05) is 13.5 Å². The molecule has 0 aromatic heterocycles. The number of hydrogen-bond acceptors (Lipinski definition) is 2. The monoisotopic (exact) mass is 183 g/mol. The Hall–Kier alpha value is -0.550. The SMILES string of the molecule is COC(C)(C)CCCC(C)CC#N. The molecule has 0 rings (SSSR count). The third kappa shape index (κ3) is 6.60. The number of methoxy groups -OCH3 is 1. The van der Waals surface area contributed by atoms with Crippen LogP contribution in [0.2, 0.25) is 0 Å². The van der Waals surface area contributed by atoms with E-state index in [1.165, 1.54) is 0 Å². The standard InChI is InChI=1S/C11H21NO/c1-10(7-9-12)6-5-8-11(2,3)13-4/h10H,5-8H2,1-4H3. The maximum absolute atomic E-state index is 8.47. The van der Waals surface area contributed by atoms with Crippen molar-refractivity contribution >= 4 is 0 Å². The van der Waals surface area contributed by atoms with E-state index >= 15 is 0 Å². The highest BCUT2D eigenvalue weighted by molar-refractivity contribution is 4.74. The van der Waals surface area contributed by atoms with Gasteiger partial charge >= 0.3 is 0 Å². The van der Waals surface area contributed by atoms with Crippen LogP contribution in [0.3, 0.4) is 0 Å². The highest BCUT2D eigenvalue weighted by Crippen LogP contribution is 2.19. The lowest BCUT2D eigenvalue weighted by Gasteiger charge is -2.23. The van der Waals surface area contributed by atoms with Gasteiger partial charge in [-0.2, -0.15) is 5.26 Å². The number of nitriles is 1. The van der Waals surface area contributed by atoms with Crippen LogP contribution in [0.4, 0.5) is 0 Å². The molecule has 76 valence electrons. The van der Waals surface area contributed by atoms with E-state index in [2.05, 4.69) is 26.8 Å². The predicted octanol–water partition coefficient (Wildman–Crippen LogP) is 3.13. The molecule has 0 saturated carbocycles. The van der Waals surface area contributed by atoms with Crippen LogP contribution in [0.25, 0.3) is 0 Å². The molecule has 0 radical (unpaired) electrons. The van der Waals surface area contributed by atoms with Crippen molar-refractivity contribution < 1.29 is 4.74 Å². The van der Waals surface area contributed by atoms with Crippen molar-refractivity contribution in [3.8, 4) is 6.07 Å². The van der Waals surface area contributed by atoms with Crippen LogP contribution in [0.1, 0.15) is 46.5 Å². The average molecular weight is 183 g/mol. The Kier molecular flexibility index (Phi) is 5.73. The molecule has 0 heterocycles. The molecule has 1 atom stereocenters. The Bertz CT molecular complexity index is 169. The van der Waals surface area contributed by atoms with Crippen LogP contribution in [0.15, 0.2) is 0 Å². The Morgan fingerprint density at radius 2 is 2.08 bits per heavy atom. The van der Waals surface area contributed by atoms with Crippen molar-refractivity contribution in [1.29, 1.82) is 5.26 Å². The molecule has 0 N–H and O–H groups in total. The van der Waals surface area contributed by atoms with Gasteiger partial charge in [0.05, 0.1) is 11.7 Å². The van der Waals surface area contributed by atoms with Gasteiger partial charge in [-0.1, -0.05) is 13.3 Å². The zero-order chi connectivity index (χ0) is 10.3. The molecule has 2 nitrogen and oxygen atoms in total. The van der Waals surface area contributed by atoms with Crippen molar-refractivity contribution in [3.05, 3.63) is 0 Å². The van der Waals surface area contributed by atoms with Crippen LogP contribution in [0.5, 0.6) is 0 Å². The van der Waals surface area contributed by atoms with Crippen molar-refractivity contribution in [2.24, 2.45) is 5.92 Å². The zero-order valence-electron chi connectivity index (χ0n) is 9.26. The minimum Gasteiger partial charge on any atom is -0.379 e. The molecule has 0 saturated heterocycles. The Morgan fingerprint density at radius 1 is 1.46 bits per heavy atom. The van der Waals surface area contributed by atoms with Gasteiger partial charge in [-0.05, 0) is 32.6 Å². The van der Waals surface area contributed by atoms with Gasteiger partial charge in [0.1, 0.15) is 0 Å². The lowest BCUT2D eigenvalue weighted by molar-refractivity contribution is 0.0128. The summed E-state index contributed by atoms with van der Waals surface area (Å²) >= 11 is 0. The number of ether oxygens (including phenoxy) is 1. The zero-order valence-corrected chi connectivity index (χ0v) is 9.26. The summed E-state index contributed by atoms with van der Waals surface area (Å²) in [6.45, 7) is 6.33. The molecular formula is C11H21NO. The Labute approximate surface area is 81.9 Å². The van der Waals surface area contributed by atoms with Crippen LogP contribution in [-0.4, -0.2) is 12.7 Å². The first kappa shape index (κ1) is 12.4. The van der Waals surface area contributed by atoms with Crippen LogP contribution in [-0.2, 0) is 4.74 Å². The average Bonchev–Trinajstić information content (AvgIpc) is 2.05. The lowest BCUT2D eigenvalue weighted by atomic mass is 9.95. The first-order chi connectivity index (χ1) is 6.02. The van der Waals surface area contributed by atoms with Crippen molar-refractivity contribution in [2.45, 2.75) is 52.1 Å². The van der Waals surface area contributed by atoms with Gasteiger partial charge in [-0.25, -0.2) is 0 Å². The fourth-order valence-electron chi connectivity index (χ4n) is 1.24. The molecule has 0 aliphatic heterocycles. The van der Waals surface area contributed by atoms with E-state index in [9.17, 15) is 0 Å². The third-order valence-electron chi connectivity index (χ3n) is 2.47. The van der Waals surface area contributed by atoms with E-state index < -0.39 is 0 Å².